The molecule has 0 radical (unpaired) electrons. The van der Waals surface area contributed by atoms with E-state index in [9.17, 15) is 9.59 Å². The summed E-state index contributed by atoms with van der Waals surface area (Å²) in [7, 11) is 0. The van der Waals surface area contributed by atoms with Crippen molar-refractivity contribution < 1.29 is 4.79 Å². The molecule has 0 fully saturated rings. The molecule has 6 heteroatoms. The molecule has 0 saturated carbocycles. The monoisotopic (exact) mass is 224 g/mol. The molecule has 0 bridgehead atoms. The molecule has 0 saturated heterocycles. The van der Waals surface area contributed by atoms with Crippen molar-refractivity contribution in [1.29, 1.82) is 0 Å². The minimum Gasteiger partial charge on any atom is -0.329 e. The van der Waals surface area contributed by atoms with Crippen LogP contribution in [0.3, 0.4) is 0 Å². The fourth-order valence-corrected chi connectivity index (χ4v) is 0.709. The molecule has 1 aromatic rings. The summed E-state index contributed by atoms with van der Waals surface area (Å²) in [6.45, 7) is 0. The lowest BCUT2D eigenvalue weighted by atomic mass is 10.1. The van der Waals surface area contributed by atoms with Crippen LogP contribution < -0.4 is 11.3 Å². The minimum atomic E-state index is -0.646. The SMILES string of the molecule is Cl.Cl.NC(C=O)c1ccc(=O)[nH]c1. The Morgan fingerprint density at radius 3 is 2.38 bits per heavy atom. The smallest absolute Gasteiger partial charge is 0.247 e. The van der Waals surface area contributed by atoms with Gasteiger partial charge in [-0.2, -0.15) is 0 Å². The predicted octanol–water partition coefficient (Wildman–Crippen LogP) is 0.417. The number of pyridine rings is 1. The van der Waals surface area contributed by atoms with Gasteiger partial charge in [-0.1, -0.05) is 6.07 Å². The normalized spacial score (nSPS) is 10.5. The highest BCUT2D eigenvalue weighted by Crippen LogP contribution is 2.01. The van der Waals surface area contributed by atoms with Gasteiger partial charge in [-0.25, -0.2) is 0 Å². The Bertz CT molecular complexity index is 293. The van der Waals surface area contributed by atoms with Crippen molar-refractivity contribution in [1.82, 2.24) is 4.98 Å². The first-order valence-corrected chi connectivity index (χ1v) is 3.13. The molecule has 0 aliphatic heterocycles. The van der Waals surface area contributed by atoms with Crippen LogP contribution in [0.5, 0.6) is 0 Å². The third-order valence-electron chi connectivity index (χ3n) is 1.34. The second-order valence-corrected chi connectivity index (χ2v) is 2.15. The van der Waals surface area contributed by atoms with Gasteiger partial charge in [-0.05, 0) is 5.56 Å². The summed E-state index contributed by atoms with van der Waals surface area (Å²) in [5.41, 5.74) is 5.76. The molecule has 0 amide bonds. The molecule has 0 aromatic carbocycles. The van der Waals surface area contributed by atoms with Gasteiger partial charge < -0.3 is 15.5 Å². The van der Waals surface area contributed by atoms with Gasteiger partial charge in [-0.3, -0.25) is 4.79 Å². The van der Waals surface area contributed by atoms with E-state index in [1.165, 1.54) is 18.3 Å². The first kappa shape index (κ1) is 14.7. The average Bonchev–Trinajstić information content (AvgIpc) is 2.05. The van der Waals surface area contributed by atoms with Crippen molar-refractivity contribution in [2.45, 2.75) is 6.04 Å². The molecule has 1 unspecified atom stereocenters. The number of aromatic nitrogens is 1. The van der Waals surface area contributed by atoms with Crippen LogP contribution in [0, 0.1) is 0 Å². The zero-order valence-corrected chi connectivity index (χ0v) is 8.23. The van der Waals surface area contributed by atoms with Gasteiger partial charge in [0.15, 0.2) is 0 Å². The molecular formula is C7H10Cl2N2O2. The maximum absolute atomic E-state index is 10.5. The number of halogens is 2. The number of hydrogen-bond acceptors (Lipinski definition) is 3. The lowest BCUT2D eigenvalue weighted by molar-refractivity contribution is -0.109. The Morgan fingerprint density at radius 2 is 2.00 bits per heavy atom. The summed E-state index contributed by atoms with van der Waals surface area (Å²) in [5, 5.41) is 0. The van der Waals surface area contributed by atoms with E-state index < -0.39 is 6.04 Å². The molecule has 1 aromatic heterocycles. The van der Waals surface area contributed by atoms with Crippen molar-refractivity contribution in [3.63, 3.8) is 0 Å². The van der Waals surface area contributed by atoms with Crippen LogP contribution in [0.1, 0.15) is 11.6 Å². The van der Waals surface area contributed by atoms with Gasteiger partial charge in [0.25, 0.3) is 0 Å². The van der Waals surface area contributed by atoms with E-state index in [1.807, 2.05) is 0 Å². The van der Waals surface area contributed by atoms with E-state index in [1.54, 1.807) is 0 Å². The molecule has 1 heterocycles. The molecule has 4 nitrogen and oxygen atoms in total. The molecule has 0 aliphatic rings. The summed E-state index contributed by atoms with van der Waals surface area (Å²) in [6, 6.07) is 2.21. The van der Waals surface area contributed by atoms with Gasteiger partial charge >= 0.3 is 0 Å². The van der Waals surface area contributed by atoms with E-state index in [-0.39, 0.29) is 30.4 Å². The van der Waals surface area contributed by atoms with Crippen molar-refractivity contribution in [2.24, 2.45) is 5.73 Å². The number of nitrogens with two attached hydrogens (primary N) is 1. The maximum atomic E-state index is 10.5. The Morgan fingerprint density at radius 1 is 1.38 bits per heavy atom. The largest absolute Gasteiger partial charge is 0.329 e. The fourth-order valence-electron chi connectivity index (χ4n) is 0.709. The van der Waals surface area contributed by atoms with E-state index in [0.717, 1.165) is 0 Å². The summed E-state index contributed by atoms with van der Waals surface area (Å²) in [5.74, 6) is 0. The molecule has 1 atom stereocenters. The van der Waals surface area contributed by atoms with Crippen LogP contribution >= 0.6 is 24.8 Å². The van der Waals surface area contributed by atoms with E-state index in [2.05, 4.69) is 4.98 Å². The van der Waals surface area contributed by atoms with Crippen LogP contribution in [0.15, 0.2) is 23.1 Å². The van der Waals surface area contributed by atoms with Gasteiger partial charge in [-0.15, -0.1) is 24.8 Å². The summed E-state index contributed by atoms with van der Waals surface area (Å²) >= 11 is 0. The zero-order chi connectivity index (χ0) is 8.27. The number of aldehydes is 1. The Hall–Kier alpha value is -0.840. The van der Waals surface area contributed by atoms with Crippen molar-refractivity contribution in [3.05, 3.63) is 34.2 Å². The van der Waals surface area contributed by atoms with Crippen LogP contribution in [0.4, 0.5) is 0 Å². The molecule has 74 valence electrons. The highest BCUT2D eigenvalue weighted by atomic mass is 35.5. The molecule has 0 spiro atoms. The molecule has 0 aliphatic carbocycles. The van der Waals surface area contributed by atoms with Crippen LogP contribution in [0.25, 0.3) is 0 Å². The number of hydrogen-bond donors (Lipinski definition) is 2. The Labute approximate surface area is 87.4 Å². The highest BCUT2D eigenvalue weighted by Gasteiger charge is 2.01. The van der Waals surface area contributed by atoms with Crippen LogP contribution in [-0.2, 0) is 4.79 Å². The van der Waals surface area contributed by atoms with Gasteiger partial charge in [0.05, 0.1) is 6.04 Å². The lowest BCUT2D eigenvalue weighted by Gasteiger charge is -2.00. The Balaban J connectivity index is 0. The summed E-state index contributed by atoms with van der Waals surface area (Å²) < 4.78 is 0. The predicted molar refractivity (Wildman–Crippen MR) is 54.6 cm³/mol. The number of rotatable bonds is 2. The minimum absolute atomic E-state index is 0. The summed E-state index contributed by atoms with van der Waals surface area (Å²) in [4.78, 5) is 23.1. The number of H-pyrrole nitrogens is 1. The number of nitrogens with one attached hydrogen (secondary N) is 1. The second-order valence-electron chi connectivity index (χ2n) is 2.15. The van der Waals surface area contributed by atoms with Crippen LogP contribution in [0.2, 0.25) is 0 Å². The average molecular weight is 225 g/mol. The number of carbonyl (C=O) groups excluding carboxylic acids is 1. The quantitative estimate of drug-likeness (QED) is 0.716. The van der Waals surface area contributed by atoms with Gasteiger partial charge in [0.2, 0.25) is 5.56 Å². The van der Waals surface area contributed by atoms with Gasteiger partial charge in [0, 0.05) is 12.3 Å². The molecule has 1 rings (SSSR count). The fraction of sp³-hybridized carbons (Fsp3) is 0.143. The number of aromatic amines is 1. The van der Waals surface area contributed by atoms with Gasteiger partial charge in [0.1, 0.15) is 6.29 Å². The molecular weight excluding hydrogens is 215 g/mol. The zero-order valence-electron chi connectivity index (χ0n) is 6.60. The van der Waals surface area contributed by atoms with Crippen LogP contribution in [-0.4, -0.2) is 11.3 Å². The van der Waals surface area contributed by atoms with Crippen molar-refractivity contribution >= 4 is 31.1 Å². The number of carbonyl (C=O) groups is 1. The standard InChI is InChI=1S/C7H8N2O2.2ClH/c8-6(4-10)5-1-2-7(11)9-3-5;;/h1-4,6H,8H2,(H,9,11);2*1H. The first-order chi connectivity index (χ1) is 5.24. The second kappa shape index (κ2) is 6.65. The molecule has 3 N–H and O–H groups in total. The third kappa shape index (κ3) is 4.07. The highest BCUT2D eigenvalue weighted by molar-refractivity contribution is 5.85. The lowest BCUT2D eigenvalue weighted by Crippen LogP contribution is -2.13. The van der Waals surface area contributed by atoms with E-state index in [4.69, 9.17) is 5.73 Å². The van der Waals surface area contributed by atoms with E-state index in [0.29, 0.717) is 11.8 Å². The summed E-state index contributed by atoms with van der Waals surface area (Å²) in [6.07, 6.45) is 2.05. The third-order valence-corrected chi connectivity index (χ3v) is 1.34. The molecule has 13 heavy (non-hydrogen) atoms. The van der Waals surface area contributed by atoms with Crippen molar-refractivity contribution in [2.75, 3.05) is 0 Å². The Kier molecular flexibility index (Phi) is 7.51. The topological polar surface area (TPSA) is 76.0 Å². The first-order valence-electron chi connectivity index (χ1n) is 3.13. The van der Waals surface area contributed by atoms with Crippen molar-refractivity contribution in [3.8, 4) is 0 Å². The maximum Gasteiger partial charge on any atom is 0.247 e. The van der Waals surface area contributed by atoms with E-state index >= 15 is 0 Å².